The van der Waals surface area contributed by atoms with Gasteiger partial charge in [0.1, 0.15) is 23.1 Å². The number of aromatic nitrogens is 4. The SMILES string of the molecule is Cc1cc(F)ccc1-c1nc(-c2nccn2C)nc2c1CNC(=O)N2c1c(F)cccc1F. The fourth-order valence-electron chi connectivity index (χ4n) is 3.87. The van der Waals surface area contributed by atoms with Gasteiger partial charge in [-0.15, -0.1) is 0 Å². The number of amides is 2. The van der Waals surface area contributed by atoms with Gasteiger partial charge in [0.2, 0.25) is 0 Å². The fourth-order valence-corrected chi connectivity index (χ4v) is 3.87. The maximum absolute atomic E-state index is 14.7. The standard InChI is InChI=1S/C23H17F3N6O/c1-12-10-13(24)6-7-14(12)18-15-11-28-23(33)32(19-16(25)4-3-5-17(19)26)21(15)30-20(29-18)22-27-8-9-31(22)2/h3-10H,11H2,1-2H3,(H,28,33). The van der Waals surface area contributed by atoms with Crippen molar-refractivity contribution in [3.05, 3.63) is 77.4 Å². The molecule has 0 saturated carbocycles. The molecule has 0 spiro atoms. The van der Waals surface area contributed by atoms with Gasteiger partial charge in [-0.3, -0.25) is 0 Å². The Hall–Kier alpha value is -4.21. The molecular formula is C23H17F3N6O. The molecular weight excluding hydrogens is 433 g/mol. The monoisotopic (exact) mass is 450 g/mol. The molecule has 2 aromatic carbocycles. The van der Waals surface area contributed by atoms with E-state index in [0.29, 0.717) is 28.2 Å². The van der Waals surface area contributed by atoms with Crippen molar-refractivity contribution in [3.8, 4) is 22.9 Å². The molecule has 0 saturated heterocycles. The molecule has 0 bridgehead atoms. The van der Waals surface area contributed by atoms with Gasteiger partial charge < -0.3 is 9.88 Å². The fraction of sp³-hybridized carbons (Fsp3) is 0.130. The number of rotatable bonds is 3. The van der Waals surface area contributed by atoms with Crippen molar-refractivity contribution in [3.63, 3.8) is 0 Å². The van der Waals surface area contributed by atoms with Crippen molar-refractivity contribution in [2.24, 2.45) is 7.05 Å². The number of imidazole rings is 1. The smallest absolute Gasteiger partial charge is 0.328 e. The molecule has 1 aliphatic heterocycles. The van der Waals surface area contributed by atoms with Crippen molar-refractivity contribution in [1.29, 1.82) is 0 Å². The molecule has 0 atom stereocenters. The number of nitrogens with zero attached hydrogens (tertiary/aromatic N) is 5. The van der Waals surface area contributed by atoms with E-state index in [1.807, 2.05) is 0 Å². The Morgan fingerprint density at radius 1 is 1.06 bits per heavy atom. The van der Waals surface area contributed by atoms with Crippen LogP contribution in [-0.4, -0.2) is 25.6 Å². The third-order valence-corrected chi connectivity index (χ3v) is 5.44. The number of hydrogen-bond acceptors (Lipinski definition) is 4. The Balaban J connectivity index is 1.84. The highest BCUT2D eigenvalue weighted by atomic mass is 19.1. The van der Waals surface area contributed by atoms with Crippen molar-refractivity contribution in [2.75, 3.05) is 4.90 Å². The molecule has 166 valence electrons. The normalized spacial score (nSPS) is 13.1. The molecule has 0 radical (unpaired) electrons. The van der Waals surface area contributed by atoms with Gasteiger partial charge in [-0.25, -0.2) is 37.8 Å². The van der Waals surface area contributed by atoms with Crippen LogP contribution < -0.4 is 10.2 Å². The van der Waals surface area contributed by atoms with E-state index in [-0.39, 0.29) is 18.2 Å². The van der Waals surface area contributed by atoms with E-state index in [2.05, 4.69) is 20.3 Å². The third kappa shape index (κ3) is 3.39. The topological polar surface area (TPSA) is 75.9 Å². The second-order valence-corrected chi connectivity index (χ2v) is 7.58. The molecule has 5 rings (SSSR count). The van der Waals surface area contributed by atoms with Crippen LogP contribution in [-0.2, 0) is 13.6 Å². The summed E-state index contributed by atoms with van der Waals surface area (Å²) in [7, 11) is 1.75. The third-order valence-electron chi connectivity index (χ3n) is 5.44. The van der Waals surface area contributed by atoms with Crippen LogP contribution in [0.5, 0.6) is 0 Å². The molecule has 3 heterocycles. The molecule has 1 N–H and O–H groups in total. The van der Waals surface area contributed by atoms with Crippen LogP contribution >= 0.6 is 0 Å². The Kier molecular flexibility index (Phi) is 4.85. The highest BCUT2D eigenvalue weighted by Crippen LogP contribution is 2.39. The predicted molar refractivity (Wildman–Crippen MR) is 115 cm³/mol. The number of aryl methyl sites for hydroxylation is 2. The quantitative estimate of drug-likeness (QED) is 0.494. The zero-order chi connectivity index (χ0) is 23.3. The lowest BCUT2D eigenvalue weighted by Crippen LogP contribution is -2.43. The van der Waals surface area contributed by atoms with E-state index in [1.54, 1.807) is 37.0 Å². The first-order chi connectivity index (χ1) is 15.8. The van der Waals surface area contributed by atoms with Crippen LogP contribution in [0.3, 0.4) is 0 Å². The van der Waals surface area contributed by atoms with Crippen LogP contribution in [0.2, 0.25) is 0 Å². The molecule has 0 unspecified atom stereocenters. The van der Waals surface area contributed by atoms with Gasteiger partial charge in [0.25, 0.3) is 0 Å². The number of anilines is 2. The van der Waals surface area contributed by atoms with Gasteiger partial charge >= 0.3 is 6.03 Å². The second kappa shape index (κ2) is 7.73. The zero-order valence-corrected chi connectivity index (χ0v) is 17.6. The lowest BCUT2D eigenvalue weighted by atomic mass is 9.99. The number of hydrogen-bond donors (Lipinski definition) is 1. The first-order valence-electron chi connectivity index (χ1n) is 10.0. The van der Waals surface area contributed by atoms with Crippen LogP contribution in [0.1, 0.15) is 11.1 Å². The Morgan fingerprint density at radius 3 is 2.48 bits per heavy atom. The molecule has 33 heavy (non-hydrogen) atoms. The maximum Gasteiger partial charge on any atom is 0.328 e. The summed E-state index contributed by atoms with van der Waals surface area (Å²) in [4.78, 5) is 27.1. The minimum atomic E-state index is -0.922. The molecule has 0 fully saturated rings. The van der Waals surface area contributed by atoms with Crippen molar-refractivity contribution in [1.82, 2.24) is 24.8 Å². The summed E-state index contributed by atoms with van der Waals surface area (Å²) < 4.78 is 44.9. The highest BCUT2D eigenvalue weighted by molar-refractivity contribution is 6.02. The number of halogens is 3. The van der Waals surface area contributed by atoms with E-state index < -0.39 is 29.2 Å². The summed E-state index contributed by atoms with van der Waals surface area (Å²) in [5.74, 6) is -1.69. The highest BCUT2D eigenvalue weighted by Gasteiger charge is 2.34. The molecule has 0 aliphatic carbocycles. The zero-order valence-electron chi connectivity index (χ0n) is 17.6. The van der Waals surface area contributed by atoms with E-state index in [1.165, 1.54) is 18.2 Å². The number of fused-ring (bicyclic) bond motifs is 1. The number of carbonyl (C=O) groups is 1. The minimum absolute atomic E-state index is 0.0216. The molecule has 2 amide bonds. The van der Waals surface area contributed by atoms with Crippen molar-refractivity contribution in [2.45, 2.75) is 13.5 Å². The van der Waals surface area contributed by atoms with Gasteiger partial charge in [-0.2, -0.15) is 0 Å². The van der Waals surface area contributed by atoms with Gasteiger partial charge in [0, 0.05) is 30.6 Å². The van der Waals surface area contributed by atoms with Crippen molar-refractivity contribution < 1.29 is 18.0 Å². The van der Waals surface area contributed by atoms with E-state index >= 15 is 0 Å². The number of carbonyl (C=O) groups excluding carboxylic acids is 1. The van der Waals surface area contributed by atoms with Crippen LogP contribution in [0, 0.1) is 24.4 Å². The van der Waals surface area contributed by atoms with Gasteiger partial charge in [-0.05, 0) is 42.8 Å². The summed E-state index contributed by atoms with van der Waals surface area (Å²) in [6.45, 7) is 1.75. The molecule has 10 heteroatoms. The molecule has 1 aliphatic rings. The average molecular weight is 450 g/mol. The average Bonchev–Trinajstić information content (AvgIpc) is 3.20. The lowest BCUT2D eigenvalue weighted by Gasteiger charge is -2.30. The van der Waals surface area contributed by atoms with Crippen LogP contribution in [0.4, 0.5) is 29.5 Å². The molecule has 2 aromatic heterocycles. The molecule has 7 nitrogen and oxygen atoms in total. The summed E-state index contributed by atoms with van der Waals surface area (Å²) >= 11 is 0. The maximum atomic E-state index is 14.7. The van der Waals surface area contributed by atoms with E-state index in [4.69, 9.17) is 0 Å². The van der Waals surface area contributed by atoms with Crippen molar-refractivity contribution >= 4 is 17.5 Å². The molecule has 4 aromatic rings. The lowest BCUT2D eigenvalue weighted by molar-refractivity contribution is 0.246. The minimum Gasteiger partial charge on any atom is -0.333 e. The van der Waals surface area contributed by atoms with Crippen LogP contribution in [0.15, 0.2) is 48.8 Å². The summed E-state index contributed by atoms with van der Waals surface area (Å²) in [6, 6.07) is 6.83. The number of urea groups is 1. The Morgan fingerprint density at radius 2 is 1.82 bits per heavy atom. The predicted octanol–water partition coefficient (Wildman–Crippen LogP) is 4.63. The summed E-state index contributed by atoms with van der Waals surface area (Å²) in [5.41, 5.74) is 1.47. The van der Waals surface area contributed by atoms with Gasteiger partial charge in [0.05, 0.1) is 12.2 Å². The first-order valence-corrected chi connectivity index (χ1v) is 10.0. The summed E-state index contributed by atoms with van der Waals surface area (Å²) in [6.07, 6.45) is 3.25. The van der Waals surface area contributed by atoms with Crippen LogP contribution in [0.25, 0.3) is 22.9 Å². The Bertz CT molecular complexity index is 1400. The van der Waals surface area contributed by atoms with Gasteiger partial charge in [0.15, 0.2) is 17.5 Å². The number of nitrogens with one attached hydrogen (secondary N) is 1. The number of benzene rings is 2. The summed E-state index contributed by atoms with van der Waals surface area (Å²) in [5, 5.41) is 2.63. The second-order valence-electron chi connectivity index (χ2n) is 7.58. The Labute approximate surface area is 186 Å². The first kappa shape index (κ1) is 20.7. The van der Waals surface area contributed by atoms with E-state index in [9.17, 15) is 18.0 Å². The number of para-hydroxylation sites is 1. The van der Waals surface area contributed by atoms with E-state index in [0.717, 1.165) is 17.0 Å². The largest absolute Gasteiger partial charge is 0.333 e. The van der Waals surface area contributed by atoms with Gasteiger partial charge in [-0.1, -0.05) is 6.07 Å².